The Labute approximate surface area is 229 Å². The highest BCUT2D eigenvalue weighted by atomic mass is 16.3. The molecule has 6 aromatic rings. The van der Waals surface area contributed by atoms with Crippen LogP contribution >= 0.6 is 0 Å². The fourth-order valence-electron chi connectivity index (χ4n) is 5.10. The van der Waals surface area contributed by atoms with E-state index < -0.39 is 0 Å². The van der Waals surface area contributed by atoms with E-state index in [9.17, 15) is 0 Å². The summed E-state index contributed by atoms with van der Waals surface area (Å²) in [6.45, 7) is 5.90. The molecule has 0 unspecified atom stereocenters. The molecule has 39 heavy (non-hydrogen) atoms. The highest BCUT2D eigenvalue weighted by molar-refractivity contribution is 6.10. The van der Waals surface area contributed by atoms with Crippen molar-refractivity contribution in [3.63, 3.8) is 0 Å². The van der Waals surface area contributed by atoms with Gasteiger partial charge >= 0.3 is 0 Å². The lowest BCUT2D eigenvalue weighted by atomic mass is 9.98. The van der Waals surface area contributed by atoms with Crippen molar-refractivity contribution >= 4 is 38.9 Å². The molecule has 2 nitrogen and oxygen atoms in total. The van der Waals surface area contributed by atoms with Crippen molar-refractivity contribution in [3.8, 4) is 22.3 Å². The summed E-state index contributed by atoms with van der Waals surface area (Å²) in [5.74, 6) is 0. The molecule has 6 rings (SSSR count). The maximum absolute atomic E-state index is 6.34. The van der Waals surface area contributed by atoms with Gasteiger partial charge in [-0.05, 0) is 71.1 Å². The minimum atomic E-state index is 0.883. The molecule has 0 amide bonds. The third-order valence-electron chi connectivity index (χ3n) is 6.91. The second kappa shape index (κ2) is 10.7. The SMILES string of the molecule is C=C/C=C(\C=C/C)c1cccc(-c2cccc(Nc3ccc4oc5c(-c6ccccc6)cccc5c4c3)c2)c1. The first-order valence-electron chi connectivity index (χ1n) is 13.2. The predicted octanol–water partition coefficient (Wildman–Crippen LogP) is 10.8. The molecule has 0 aliphatic rings. The van der Waals surface area contributed by atoms with Crippen molar-refractivity contribution < 1.29 is 4.42 Å². The number of furan rings is 1. The smallest absolute Gasteiger partial charge is 0.143 e. The lowest BCUT2D eigenvalue weighted by molar-refractivity contribution is 0.670. The van der Waals surface area contributed by atoms with Gasteiger partial charge in [0.05, 0.1) is 0 Å². The van der Waals surface area contributed by atoms with Gasteiger partial charge in [0.2, 0.25) is 0 Å². The highest BCUT2D eigenvalue weighted by Gasteiger charge is 2.13. The van der Waals surface area contributed by atoms with Crippen LogP contribution in [0.3, 0.4) is 0 Å². The summed E-state index contributed by atoms with van der Waals surface area (Å²) in [7, 11) is 0. The van der Waals surface area contributed by atoms with Crippen LogP contribution in [0.15, 0.2) is 151 Å². The molecule has 0 saturated heterocycles. The van der Waals surface area contributed by atoms with Gasteiger partial charge in [-0.15, -0.1) is 0 Å². The molecule has 1 heterocycles. The first kappa shape index (κ1) is 24.3. The Morgan fingerprint density at radius 1 is 0.692 bits per heavy atom. The molecule has 0 spiro atoms. The molecule has 188 valence electrons. The summed E-state index contributed by atoms with van der Waals surface area (Å²) in [5, 5.41) is 5.82. The van der Waals surface area contributed by atoms with Gasteiger partial charge in [-0.3, -0.25) is 0 Å². The summed E-state index contributed by atoms with van der Waals surface area (Å²) < 4.78 is 6.34. The molecule has 2 heteroatoms. The van der Waals surface area contributed by atoms with E-state index in [4.69, 9.17) is 4.42 Å². The number of benzene rings is 5. The Morgan fingerprint density at radius 2 is 1.44 bits per heavy atom. The Kier molecular flexibility index (Phi) is 6.67. The second-order valence-corrected chi connectivity index (χ2v) is 9.51. The second-order valence-electron chi connectivity index (χ2n) is 9.51. The van der Waals surface area contributed by atoms with Crippen LogP contribution in [0.4, 0.5) is 11.4 Å². The van der Waals surface area contributed by atoms with Gasteiger partial charge in [-0.1, -0.05) is 110 Å². The van der Waals surface area contributed by atoms with Gasteiger partial charge in [0, 0.05) is 27.7 Å². The molecule has 0 atom stereocenters. The van der Waals surface area contributed by atoms with Crippen LogP contribution in [0.2, 0.25) is 0 Å². The molecule has 0 fully saturated rings. The van der Waals surface area contributed by atoms with Gasteiger partial charge in [-0.25, -0.2) is 0 Å². The van der Waals surface area contributed by atoms with E-state index in [-0.39, 0.29) is 0 Å². The van der Waals surface area contributed by atoms with Crippen LogP contribution in [0, 0.1) is 0 Å². The van der Waals surface area contributed by atoms with E-state index >= 15 is 0 Å². The topological polar surface area (TPSA) is 25.2 Å². The lowest BCUT2D eigenvalue weighted by Gasteiger charge is -2.10. The maximum Gasteiger partial charge on any atom is 0.143 e. The third kappa shape index (κ3) is 4.93. The minimum Gasteiger partial charge on any atom is -0.455 e. The van der Waals surface area contributed by atoms with Gasteiger partial charge < -0.3 is 9.73 Å². The molecular formula is C37H29NO. The zero-order chi connectivity index (χ0) is 26.6. The Balaban J connectivity index is 1.33. The van der Waals surface area contributed by atoms with E-state index in [2.05, 4.69) is 133 Å². The Morgan fingerprint density at radius 3 is 2.26 bits per heavy atom. The number of fused-ring (bicyclic) bond motifs is 3. The number of nitrogens with one attached hydrogen (secondary N) is 1. The van der Waals surface area contributed by atoms with Gasteiger partial charge in [-0.2, -0.15) is 0 Å². The van der Waals surface area contributed by atoms with E-state index in [0.29, 0.717) is 0 Å². The van der Waals surface area contributed by atoms with E-state index in [1.807, 2.05) is 25.1 Å². The van der Waals surface area contributed by atoms with Crippen LogP contribution < -0.4 is 5.32 Å². The monoisotopic (exact) mass is 503 g/mol. The van der Waals surface area contributed by atoms with Gasteiger partial charge in [0.25, 0.3) is 0 Å². The first-order valence-corrected chi connectivity index (χ1v) is 13.2. The zero-order valence-electron chi connectivity index (χ0n) is 21.9. The van der Waals surface area contributed by atoms with Crippen molar-refractivity contribution in [1.82, 2.24) is 0 Å². The molecule has 0 aliphatic carbocycles. The maximum atomic E-state index is 6.34. The quantitative estimate of drug-likeness (QED) is 0.219. The zero-order valence-corrected chi connectivity index (χ0v) is 21.9. The number of anilines is 2. The fraction of sp³-hybridized carbons (Fsp3) is 0.0270. The number of rotatable bonds is 7. The van der Waals surface area contributed by atoms with Crippen LogP contribution in [-0.4, -0.2) is 0 Å². The average molecular weight is 504 g/mol. The van der Waals surface area contributed by atoms with E-state index in [1.54, 1.807) is 0 Å². The molecule has 1 N–H and O–H groups in total. The first-order chi connectivity index (χ1) is 19.2. The van der Waals surface area contributed by atoms with Crippen molar-refractivity contribution in [2.75, 3.05) is 5.32 Å². The molecule has 0 bridgehead atoms. The number of hydrogen-bond acceptors (Lipinski definition) is 2. The van der Waals surface area contributed by atoms with Crippen molar-refractivity contribution in [2.24, 2.45) is 0 Å². The Bertz CT molecular complexity index is 1850. The summed E-state index contributed by atoms with van der Waals surface area (Å²) >= 11 is 0. The molecule has 0 saturated carbocycles. The van der Waals surface area contributed by atoms with Crippen molar-refractivity contribution in [1.29, 1.82) is 0 Å². The van der Waals surface area contributed by atoms with Crippen LogP contribution in [-0.2, 0) is 0 Å². The van der Waals surface area contributed by atoms with E-state index in [0.717, 1.165) is 61.1 Å². The summed E-state index contributed by atoms with van der Waals surface area (Å²) in [6, 6.07) is 40.2. The molecular weight excluding hydrogens is 474 g/mol. The van der Waals surface area contributed by atoms with Crippen molar-refractivity contribution in [3.05, 3.63) is 152 Å². The number of allylic oxidation sites excluding steroid dienone is 5. The largest absolute Gasteiger partial charge is 0.455 e. The fourth-order valence-corrected chi connectivity index (χ4v) is 5.10. The molecule has 0 radical (unpaired) electrons. The van der Waals surface area contributed by atoms with Crippen LogP contribution in [0.1, 0.15) is 12.5 Å². The predicted molar refractivity (Wildman–Crippen MR) is 167 cm³/mol. The lowest BCUT2D eigenvalue weighted by Crippen LogP contribution is -1.91. The highest BCUT2D eigenvalue weighted by Crippen LogP contribution is 2.37. The van der Waals surface area contributed by atoms with Crippen LogP contribution in [0.25, 0.3) is 49.8 Å². The van der Waals surface area contributed by atoms with E-state index in [1.165, 1.54) is 5.56 Å². The molecule has 0 aliphatic heterocycles. The van der Waals surface area contributed by atoms with Gasteiger partial charge in [0.15, 0.2) is 0 Å². The van der Waals surface area contributed by atoms with Crippen molar-refractivity contribution in [2.45, 2.75) is 6.92 Å². The normalized spacial score (nSPS) is 11.9. The standard InChI is InChI=1S/C37H29NO/c1-3-11-26(12-4-2)28-15-8-16-29(23-28)30-17-9-18-31(24-30)38-32-21-22-36-35(25-32)34-20-10-19-33(37(34)39-36)27-13-6-5-7-14-27/h3-25,38H,1H2,2H3/b12-4-,26-11+. The Hall–Kier alpha value is -5.08. The minimum absolute atomic E-state index is 0.883. The average Bonchev–Trinajstić information content (AvgIpc) is 3.36. The van der Waals surface area contributed by atoms with Crippen LogP contribution in [0.5, 0.6) is 0 Å². The third-order valence-corrected chi connectivity index (χ3v) is 6.91. The molecule has 1 aromatic heterocycles. The number of para-hydroxylation sites is 1. The summed E-state index contributed by atoms with van der Waals surface area (Å²) in [5.41, 5.74) is 10.7. The number of hydrogen-bond donors (Lipinski definition) is 1. The summed E-state index contributed by atoms with van der Waals surface area (Å²) in [6.07, 6.45) is 8.02. The summed E-state index contributed by atoms with van der Waals surface area (Å²) in [4.78, 5) is 0. The van der Waals surface area contributed by atoms with Gasteiger partial charge in [0.1, 0.15) is 11.2 Å². The molecule has 5 aromatic carbocycles.